The maximum Gasteiger partial charge on any atom is 0.00218 e. The first-order chi connectivity index (χ1) is 10.4. The van der Waals surface area contributed by atoms with Crippen LogP contribution in [0.1, 0.15) is 44.6 Å². The number of aryl methyl sites for hydroxylation is 1. The van der Waals surface area contributed by atoms with E-state index in [1.54, 1.807) is 0 Å². The molecule has 0 radical (unpaired) electrons. The molecule has 0 spiro atoms. The average molecular weight is 288 g/mol. The molecule has 1 unspecified atom stereocenters. The highest BCUT2D eigenvalue weighted by Crippen LogP contribution is 2.16. The predicted molar refractivity (Wildman–Crippen MR) is 91.7 cm³/mol. The number of rotatable bonds is 9. The first-order valence-corrected chi connectivity index (χ1v) is 8.85. The Kier molecular flexibility index (Phi) is 7.83. The lowest BCUT2D eigenvalue weighted by molar-refractivity contribution is 0.170. The maximum absolute atomic E-state index is 3.59. The Morgan fingerprint density at radius 1 is 1.19 bits per heavy atom. The molecule has 1 aromatic carbocycles. The topological polar surface area (TPSA) is 15.3 Å². The van der Waals surface area contributed by atoms with E-state index in [1.807, 2.05) is 0 Å². The summed E-state index contributed by atoms with van der Waals surface area (Å²) in [5.41, 5.74) is 1.48. The van der Waals surface area contributed by atoms with Crippen LogP contribution in [0.3, 0.4) is 0 Å². The third kappa shape index (κ3) is 6.62. The van der Waals surface area contributed by atoms with Gasteiger partial charge in [-0.1, -0.05) is 37.3 Å². The molecule has 2 rings (SSSR count). The van der Waals surface area contributed by atoms with Gasteiger partial charge in [-0.25, -0.2) is 0 Å². The second-order valence-electron chi connectivity index (χ2n) is 6.46. The summed E-state index contributed by atoms with van der Waals surface area (Å²) in [7, 11) is 0. The number of nitrogens with one attached hydrogen (secondary N) is 1. The van der Waals surface area contributed by atoms with Crippen molar-refractivity contribution in [2.24, 2.45) is 5.92 Å². The van der Waals surface area contributed by atoms with Gasteiger partial charge in [0.25, 0.3) is 0 Å². The Morgan fingerprint density at radius 3 is 2.86 bits per heavy atom. The van der Waals surface area contributed by atoms with Gasteiger partial charge in [0.05, 0.1) is 0 Å². The second kappa shape index (κ2) is 9.97. The zero-order chi connectivity index (χ0) is 14.8. The van der Waals surface area contributed by atoms with Crippen molar-refractivity contribution in [3.63, 3.8) is 0 Å². The largest absolute Gasteiger partial charge is 0.316 e. The molecule has 0 aliphatic carbocycles. The lowest BCUT2D eigenvalue weighted by Gasteiger charge is -2.33. The molecule has 1 atom stereocenters. The molecular weight excluding hydrogens is 256 g/mol. The molecule has 21 heavy (non-hydrogen) atoms. The van der Waals surface area contributed by atoms with Gasteiger partial charge in [0.2, 0.25) is 0 Å². The maximum atomic E-state index is 3.59. The van der Waals surface area contributed by atoms with Crippen LogP contribution in [0.2, 0.25) is 0 Å². The molecule has 1 saturated heterocycles. The van der Waals surface area contributed by atoms with Crippen LogP contribution in [-0.2, 0) is 6.42 Å². The Morgan fingerprint density at radius 2 is 2.05 bits per heavy atom. The molecule has 0 bridgehead atoms. The SMILES string of the molecule is CCCNCC1CCCN(CCCCc2ccccc2)C1. The highest BCUT2D eigenvalue weighted by molar-refractivity contribution is 5.14. The van der Waals surface area contributed by atoms with Gasteiger partial charge in [0.15, 0.2) is 0 Å². The minimum absolute atomic E-state index is 0.874. The van der Waals surface area contributed by atoms with Crippen molar-refractivity contribution in [2.75, 3.05) is 32.7 Å². The Bertz CT molecular complexity index is 363. The zero-order valence-corrected chi connectivity index (χ0v) is 13.7. The lowest BCUT2D eigenvalue weighted by atomic mass is 9.97. The number of nitrogens with zero attached hydrogens (tertiary/aromatic N) is 1. The van der Waals surface area contributed by atoms with Crippen molar-refractivity contribution in [2.45, 2.75) is 45.4 Å². The number of piperidine rings is 1. The number of hydrogen-bond donors (Lipinski definition) is 1. The Hall–Kier alpha value is -0.860. The third-order valence-corrected chi connectivity index (χ3v) is 4.50. The summed E-state index contributed by atoms with van der Waals surface area (Å²) in [6.45, 7) is 8.55. The minimum Gasteiger partial charge on any atom is -0.316 e. The van der Waals surface area contributed by atoms with Gasteiger partial charge < -0.3 is 10.2 Å². The molecule has 118 valence electrons. The minimum atomic E-state index is 0.874. The van der Waals surface area contributed by atoms with E-state index in [9.17, 15) is 0 Å². The van der Waals surface area contributed by atoms with Gasteiger partial charge in [-0.05, 0) is 76.2 Å². The van der Waals surface area contributed by atoms with E-state index in [-0.39, 0.29) is 0 Å². The quantitative estimate of drug-likeness (QED) is 0.697. The molecule has 1 aromatic rings. The van der Waals surface area contributed by atoms with Gasteiger partial charge in [-0.2, -0.15) is 0 Å². The zero-order valence-electron chi connectivity index (χ0n) is 13.7. The van der Waals surface area contributed by atoms with E-state index in [1.165, 1.54) is 76.8 Å². The number of benzene rings is 1. The molecule has 0 aromatic heterocycles. The van der Waals surface area contributed by atoms with Gasteiger partial charge in [-0.3, -0.25) is 0 Å². The first-order valence-electron chi connectivity index (χ1n) is 8.85. The molecule has 1 aliphatic heterocycles. The van der Waals surface area contributed by atoms with Crippen LogP contribution in [0.5, 0.6) is 0 Å². The average Bonchev–Trinajstić information content (AvgIpc) is 2.53. The fourth-order valence-electron chi connectivity index (χ4n) is 3.31. The first kappa shape index (κ1) is 16.5. The fourth-order valence-corrected chi connectivity index (χ4v) is 3.31. The normalized spacial score (nSPS) is 19.8. The number of hydrogen-bond acceptors (Lipinski definition) is 2. The van der Waals surface area contributed by atoms with E-state index < -0.39 is 0 Å². The smallest absolute Gasteiger partial charge is 0.00218 e. The fraction of sp³-hybridized carbons (Fsp3) is 0.684. The molecule has 0 saturated carbocycles. The molecular formula is C19H32N2. The predicted octanol–water partition coefficient (Wildman–Crippen LogP) is 3.72. The lowest BCUT2D eigenvalue weighted by Crippen LogP contribution is -2.40. The molecule has 2 nitrogen and oxygen atoms in total. The second-order valence-corrected chi connectivity index (χ2v) is 6.46. The number of unbranched alkanes of at least 4 members (excludes halogenated alkanes) is 1. The van der Waals surface area contributed by atoms with Crippen LogP contribution in [-0.4, -0.2) is 37.6 Å². The summed E-state index contributed by atoms with van der Waals surface area (Å²) < 4.78 is 0. The van der Waals surface area contributed by atoms with Crippen LogP contribution in [0, 0.1) is 5.92 Å². The van der Waals surface area contributed by atoms with E-state index in [4.69, 9.17) is 0 Å². The summed E-state index contributed by atoms with van der Waals surface area (Å²) in [5, 5.41) is 3.59. The van der Waals surface area contributed by atoms with Gasteiger partial charge in [0.1, 0.15) is 0 Å². The summed E-state index contributed by atoms with van der Waals surface area (Å²) in [6.07, 6.45) is 7.93. The summed E-state index contributed by atoms with van der Waals surface area (Å²) in [6, 6.07) is 10.9. The van der Waals surface area contributed by atoms with Crippen LogP contribution in [0.4, 0.5) is 0 Å². The van der Waals surface area contributed by atoms with Crippen LogP contribution in [0.25, 0.3) is 0 Å². The van der Waals surface area contributed by atoms with E-state index in [2.05, 4.69) is 47.5 Å². The monoisotopic (exact) mass is 288 g/mol. The molecule has 1 aliphatic rings. The Labute approximate surface area is 130 Å². The van der Waals surface area contributed by atoms with Gasteiger partial charge in [-0.15, -0.1) is 0 Å². The van der Waals surface area contributed by atoms with Crippen LogP contribution >= 0.6 is 0 Å². The van der Waals surface area contributed by atoms with Crippen molar-refractivity contribution in [1.82, 2.24) is 10.2 Å². The summed E-state index contributed by atoms with van der Waals surface area (Å²) >= 11 is 0. The van der Waals surface area contributed by atoms with Gasteiger partial charge >= 0.3 is 0 Å². The van der Waals surface area contributed by atoms with Crippen molar-refractivity contribution < 1.29 is 0 Å². The number of likely N-dealkylation sites (tertiary alicyclic amines) is 1. The summed E-state index contributed by atoms with van der Waals surface area (Å²) in [5.74, 6) is 0.874. The van der Waals surface area contributed by atoms with Crippen molar-refractivity contribution in [3.05, 3.63) is 35.9 Å². The molecule has 2 heteroatoms. The van der Waals surface area contributed by atoms with Crippen molar-refractivity contribution in [3.8, 4) is 0 Å². The van der Waals surface area contributed by atoms with Gasteiger partial charge in [0, 0.05) is 6.54 Å². The standard InChI is InChI=1S/C19H32N2/c1-2-13-20-16-19-12-8-15-21(17-19)14-7-6-11-18-9-4-3-5-10-18/h3-5,9-10,19-20H,2,6-8,11-17H2,1H3. The van der Waals surface area contributed by atoms with Crippen LogP contribution < -0.4 is 5.32 Å². The molecule has 1 heterocycles. The molecule has 1 N–H and O–H groups in total. The van der Waals surface area contributed by atoms with Crippen molar-refractivity contribution >= 4 is 0 Å². The highest BCUT2D eigenvalue weighted by atomic mass is 15.1. The van der Waals surface area contributed by atoms with E-state index in [0.29, 0.717) is 0 Å². The molecule has 1 fully saturated rings. The van der Waals surface area contributed by atoms with Crippen molar-refractivity contribution in [1.29, 1.82) is 0 Å². The molecule has 0 amide bonds. The summed E-state index contributed by atoms with van der Waals surface area (Å²) in [4.78, 5) is 2.69. The van der Waals surface area contributed by atoms with Crippen LogP contribution in [0.15, 0.2) is 30.3 Å². The van der Waals surface area contributed by atoms with E-state index >= 15 is 0 Å². The third-order valence-electron chi connectivity index (χ3n) is 4.50. The highest BCUT2D eigenvalue weighted by Gasteiger charge is 2.18. The Balaban J connectivity index is 1.57. The van der Waals surface area contributed by atoms with E-state index in [0.717, 1.165) is 5.92 Å².